The molecule has 13 heavy (non-hydrogen) atoms. The molecule has 1 aliphatic rings. The third-order valence-electron chi connectivity index (χ3n) is 2.26. The molecule has 0 unspecified atom stereocenters. The molecule has 70 valence electrons. The minimum absolute atomic E-state index is 0.672. The van der Waals surface area contributed by atoms with Crippen LogP contribution in [0, 0.1) is 6.92 Å². The third-order valence-corrected chi connectivity index (χ3v) is 4.25. The van der Waals surface area contributed by atoms with Gasteiger partial charge in [0.25, 0.3) is 0 Å². The van der Waals surface area contributed by atoms with Crippen LogP contribution < -0.4 is 0 Å². The van der Waals surface area contributed by atoms with Crippen LogP contribution in [0.25, 0.3) is 0 Å². The molecular weight excluding hydrogens is 184 g/mol. The lowest BCUT2D eigenvalue weighted by molar-refractivity contribution is 0.672. The molecule has 2 heterocycles. The summed E-state index contributed by atoms with van der Waals surface area (Å²) >= 11 is 0. The molecule has 0 radical (unpaired) electrons. The van der Waals surface area contributed by atoms with E-state index in [1.165, 1.54) is 0 Å². The van der Waals surface area contributed by atoms with Crippen LogP contribution in [0.3, 0.4) is 0 Å². The normalized spacial score (nSPS) is 26.3. The lowest BCUT2D eigenvalue weighted by Gasteiger charge is -2.16. The van der Waals surface area contributed by atoms with E-state index in [-0.39, 0.29) is 0 Å². The molecule has 0 aliphatic carbocycles. The van der Waals surface area contributed by atoms with Crippen LogP contribution >= 0.6 is 0 Å². The summed E-state index contributed by atoms with van der Waals surface area (Å²) in [5.41, 5.74) is 2.00. The lowest BCUT2D eigenvalue weighted by Crippen LogP contribution is -2.13. The van der Waals surface area contributed by atoms with Crippen LogP contribution in [-0.4, -0.2) is 22.0 Å². The van der Waals surface area contributed by atoms with Crippen LogP contribution in [-0.2, 0) is 16.1 Å². The van der Waals surface area contributed by atoms with E-state index in [1.54, 1.807) is 12.5 Å². The quantitative estimate of drug-likeness (QED) is 0.629. The zero-order valence-electron chi connectivity index (χ0n) is 7.78. The van der Waals surface area contributed by atoms with Crippen molar-refractivity contribution in [1.29, 1.82) is 0 Å². The zero-order chi connectivity index (χ0) is 9.47. The number of rotatable bonds is 0. The van der Waals surface area contributed by atoms with Crippen LogP contribution in [0.15, 0.2) is 21.5 Å². The number of hydrogen-bond donors (Lipinski definition) is 0. The second-order valence-electron chi connectivity index (χ2n) is 3.29. The first-order valence-corrected chi connectivity index (χ1v) is 6.16. The molecule has 0 spiro atoms. The van der Waals surface area contributed by atoms with Crippen LogP contribution in [0.4, 0.5) is 0 Å². The number of fused-ring (bicyclic) bond motifs is 1. The fourth-order valence-electron chi connectivity index (χ4n) is 1.72. The van der Waals surface area contributed by atoms with Crippen LogP contribution in [0.2, 0.25) is 0 Å². The van der Waals surface area contributed by atoms with Crippen molar-refractivity contribution in [2.24, 2.45) is 4.36 Å². The van der Waals surface area contributed by atoms with Gasteiger partial charge in [0.1, 0.15) is 0 Å². The smallest absolute Gasteiger partial charge is 0.0743 e. The number of pyridine rings is 1. The number of aryl methyl sites for hydroxylation is 1. The fraction of sp³-hybridized carbons (Fsp3) is 0.444. The zero-order valence-corrected chi connectivity index (χ0v) is 8.60. The highest BCUT2D eigenvalue weighted by Crippen LogP contribution is 2.24. The number of nitrogens with zero attached hydrogens (tertiary/aromatic N) is 2. The maximum absolute atomic E-state index is 12.0. The van der Waals surface area contributed by atoms with E-state index < -0.39 is 9.73 Å². The Morgan fingerprint density at radius 1 is 1.54 bits per heavy atom. The molecule has 0 aromatic carbocycles. The van der Waals surface area contributed by atoms with Crippen molar-refractivity contribution >= 4 is 9.73 Å². The standard InChI is InChI=1S/C9H12N2OS/c1-7-9-8(3-5-10-7)4-6-11-13(9,2)12/h3,5H,4,6H2,1-2H3/t13-/m0/s1. The Bertz CT molecular complexity index is 459. The summed E-state index contributed by atoms with van der Waals surface area (Å²) in [6.45, 7) is 2.56. The molecule has 4 heteroatoms. The molecule has 1 aliphatic heterocycles. The van der Waals surface area contributed by atoms with E-state index in [0.29, 0.717) is 6.54 Å². The first kappa shape index (κ1) is 8.69. The van der Waals surface area contributed by atoms with Gasteiger partial charge in [-0.2, -0.15) is 0 Å². The van der Waals surface area contributed by atoms with Crippen molar-refractivity contribution in [2.75, 3.05) is 12.8 Å². The molecule has 0 fully saturated rings. The molecule has 1 aromatic heterocycles. The van der Waals surface area contributed by atoms with Gasteiger partial charge in [0.05, 0.1) is 26.9 Å². The highest BCUT2D eigenvalue weighted by Gasteiger charge is 2.18. The van der Waals surface area contributed by atoms with Crippen molar-refractivity contribution in [1.82, 2.24) is 4.98 Å². The van der Waals surface area contributed by atoms with E-state index in [4.69, 9.17) is 0 Å². The van der Waals surface area contributed by atoms with E-state index in [9.17, 15) is 4.21 Å². The second-order valence-corrected chi connectivity index (χ2v) is 5.56. The Hall–Kier alpha value is -0.900. The fourth-order valence-corrected chi connectivity index (χ4v) is 3.55. The van der Waals surface area contributed by atoms with E-state index in [2.05, 4.69) is 9.35 Å². The van der Waals surface area contributed by atoms with Gasteiger partial charge in [-0.15, -0.1) is 0 Å². The van der Waals surface area contributed by atoms with Gasteiger partial charge in [0.15, 0.2) is 0 Å². The lowest BCUT2D eigenvalue weighted by atomic mass is 10.2. The average Bonchev–Trinajstić information content (AvgIpc) is 2.02. The summed E-state index contributed by atoms with van der Waals surface area (Å²) in [6, 6.07) is 1.94. The first-order chi connectivity index (χ1) is 6.11. The maximum Gasteiger partial charge on any atom is 0.0743 e. The van der Waals surface area contributed by atoms with Crippen molar-refractivity contribution in [2.45, 2.75) is 18.2 Å². The van der Waals surface area contributed by atoms with Gasteiger partial charge < -0.3 is 0 Å². The van der Waals surface area contributed by atoms with Crippen molar-refractivity contribution < 1.29 is 4.21 Å². The Kier molecular flexibility index (Phi) is 1.87. The van der Waals surface area contributed by atoms with E-state index >= 15 is 0 Å². The molecule has 0 N–H and O–H groups in total. The minimum atomic E-state index is -2.16. The summed E-state index contributed by atoms with van der Waals surface area (Å²) in [5.74, 6) is 0. The number of hydrogen-bond acceptors (Lipinski definition) is 3. The van der Waals surface area contributed by atoms with Gasteiger partial charge >= 0.3 is 0 Å². The Morgan fingerprint density at radius 3 is 3.00 bits per heavy atom. The molecule has 0 saturated carbocycles. The average molecular weight is 196 g/mol. The van der Waals surface area contributed by atoms with Gasteiger partial charge in [-0.05, 0) is 25.0 Å². The summed E-state index contributed by atoms with van der Waals surface area (Å²) in [6.07, 6.45) is 4.36. The molecule has 0 bridgehead atoms. The summed E-state index contributed by atoms with van der Waals surface area (Å²) < 4.78 is 16.2. The van der Waals surface area contributed by atoms with E-state index in [1.807, 2.05) is 13.0 Å². The van der Waals surface area contributed by atoms with Gasteiger partial charge in [-0.25, -0.2) is 8.57 Å². The van der Waals surface area contributed by atoms with Crippen LogP contribution in [0.5, 0.6) is 0 Å². The minimum Gasteiger partial charge on any atom is -0.260 e. The second kappa shape index (κ2) is 2.80. The largest absolute Gasteiger partial charge is 0.260 e. The van der Waals surface area contributed by atoms with Gasteiger partial charge in [-0.1, -0.05) is 0 Å². The summed E-state index contributed by atoms with van der Waals surface area (Å²) in [5, 5.41) is 0. The SMILES string of the molecule is Cc1nccc2c1[S@](C)(=O)=NCC2. The van der Waals surface area contributed by atoms with Crippen LogP contribution in [0.1, 0.15) is 11.3 Å². The topological polar surface area (TPSA) is 42.3 Å². The first-order valence-electron chi connectivity index (χ1n) is 4.24. The molecule has 0 saturated heterocycles. The third kappa shape index (κ3) is 1.35. The maximum atomic E-state index is 12.0. The van der Waals surface area contributed by atoms with Crippen molar-refractivity contribution in [3.63, 3.8) is 0 Å². The van der Waals surface area contributed by atoms with Gasteiger partial charge in [0, 0.05) is 12.5 Å². The molecule has 1 aromatic rings. The molecule has 0 amide bonds. The molecule has 3 nitrogen and oxygen atoms in total. The number of aromatic nitrogens is 1. The Morgan fingerprint density at radius 2 is 2.31 bits per heavy atom. The monoisotopic (exact) mass is 196 g/mol. The van der Waals surface area contributed by atoms with Crippen molar-refractivity contribution in [3.05, 3.63) is 23.5 Å². The van der Waals surface area contributed by atoms with Crippen molar-refractivity contribution in [3.8, 4) is 0 Å². The highest BCUT2D eigenvalue weighted by atomic mass is 32.2. The molecular formula is C9H12N2OS. The predicted octanol–water partition coefficient (Wildman–Crippen LogP) is 1.40. The summed E-state index contributed by atoms with van der Waals surface area (Å²) in [7, 11) is -2.16. The van der Waals surface area contributed by atoms with E-state index in [0.717, 1.165) is 22.6 Å². The molecule has 1 atom stereocenters. The predicted molar refractivity (Wildman–Crippen MR) is 52.3 cm³/mol. The summed E-state index contributed by atoms with van der Waals surface area (Å²) in [4.78, 5) is 5.01. The van der Waals surface area contributed by atoms with Gasteiger partial charge in [0.2, 0.25) is 0 Å². The highest BCUT2D eigenvalue weighted by molar-refractivity contribution is 7.93. The van der Waals surface area contributed by atoms with Gasteiger partial charge in [-0.3, -0.25) is 4.98 Å². The molecule has 2 rings (SSSR count). The Balaban J connectivity index is 2.80. The Labute approximate surface area is 78.4 Å².